The first-order valence-electron chi connectivity index (χ1n) is 6.07. The number of ether oxygens (including phenoxy) is 1. The summed E-state index contributed by atoms with van der Waals surface area (Å²) >= 11 is 11.8. The molecule has 0 amide bonds. The van der Waals surface area contributed by atoms with Crippen LogP contribution >= 0.6 is 23.2 Å². The number of carbonyl (C=O) groups is 1. The van der Waals surface area contributed by atoms with Crippen LogP contribution in [-0.4, -0.2) is 11.9 Å². The van der Waals surface area contributed by atoms with Crippen molar-refractivity contribution in [3.05, 3.63) is 63.2 Å². The third kappa shape index (κ3) is 2.86. The number of esters is 1. The minimum atomic E-state index is -0.537. The van der Waals surface area contributed by atoms with Crippen LogP contribution in [0.1, 0.15) is 17.1 Å². The summed E-state index contributed by atoms with van der Waals surface area (Å²) in [6, 6.07) is 8.45. The third-order valence-corrected chi connectivity index (χ3v) is 3.57. The Morgan fingerprint density at radius 2 is 1.95 bits per heavy atom. The summed E-state index contributed by atoms with van der Waals surface area (Å²) in [6.07, 6.45) is 1.53. The molecule has 0 atom stereocenters. The highest BCUT2D eigenvalue weighted by Crippen LogP contribution is 2.26. The van der Waals surface area contributed by atoms with E-state index >= 15 is 0 Å². The van der Waals surface area contributed by atoms with Crippen LogP contribution in [0.5, 0.6) is 0 Å². The average molecular weight is 322 g/mol. The van der Waals surface area contributed by atoms with Gasteiger partial charge >= 0.3 is 5.97 Å². The number of carbonyl (C=O) groups excluding carboxylic acids is 1. The predicted octanol–water partition coefficient (Wildman–Crippen LogP) is 4.24. The molecule has 106 valence electrons. The Morgan fingerprint density at radius 1 is 1.14 bits per heavy atom. The van der Waals surface area contributed by atoms with Gasteiger partial charge in [0.15, 0.2) is 5.70 Å². The lowest BCUT2D eigenvalue weighted by atomic mass is 10.2. The van der Waals surface area contributed by atoms with E-state index in [4.69, 9.17) is 32.4 Å². The first-order chi connectivity index (χ1) is 10.0. The molecule has 6 heteroatoms. The highest BCUT2D eigenvalue weighted by Gasteiger charge is 2.24. The number of furan rings is 1. The Labute approximate surface area is 130 Å². The van der Waals surface area contributed by atoms with Gasteiger partial charge in [0.25, 0.3) is 0 Å². The van der Waals surface area contributed by atoms with Crippen LogP contribution in [0.3, 0.4) is 0 Å². The fourth-order valence-electron chi connectivity index (χ4n) is 1.83. The van der Waals surface area contributed by atoms with Crippen molar-refractivity contribution < 1.29 is 13.9 Å². The fraction of sp³-hybridized carbons (Fsp3) is 0.0667. The molecular formula is C15H9Cl2NO3. The van der Waals surface area contributed by atoms with Crippen molar-refractivity contribution in [3.8, 4) is 0 Å². The molecule has 1 aromatic heterocycles. The number of benzene rings is 1. The van der Waals surface area contributed by atoms with Gasteiger partial charge in [0, 0.05) is 11.6 Å². The normalized spacial score (nSPS) is 16.2. The number of rotatable bonds is 2. The minimum Gasteiger partial charge on any atom is -0.462 e. The lowest BCUT2D eigenvalue weighted by molar-refractivity contribution is -0.129. The molecule has 0 unspecified atom stereocenters. The van der Waals surface area contributed by atoms with E-state index in [0.29, 0.717) is 21.4 Å². The molecule has 0 saturated heterocycles. The lowest BCUT2D eigenvalue weighted by Crippen LogP contribution is -2.05. The second-order valence-electron chi connectivity index (χ2n) is 4.41. The molecule has 0 fully saturated rings. The maximum absolute atomic E-state index is 11.8. The van der Waals surface area contributed by atoms with Gasteiger partial charge in [0.05, 0.1) is 10.0 Å². The molecule has 3 rings (SSSR count). The van der Waals surface area contributed by atoms with Crippen molar-refractivity contribution in [3.63, 3.8) is 0 Å². The molecule has 0 aliphatic carbocycles. The molecule has 1 aliphatic rings. The Kier molecular flexibility index (Phi) is 3.57. The molecule has 4 nitrogen and oxygen atoms in total. The molecule has 2 aromatic rings. The van der Waals surface area contributed by atoms with Gasteiger partial charge in [-0.15, -0.1) is 0 Å². The zero-order valence-corrected chi connectivity index (χ0v) is 12.4. The Balaban J connectivity index is 1.95. The number of halogens is 2. The monoisotopic (exact) mass is 321 g/mol. The molecule has 0 spiro atoms. The first-order valence-corrected chi connectivity index (χ1v) is 6.83. The van der Waals surface area contributed by atoms with Crippen molar-refractivity contribution >= 4 is 41.1 Å². The third-order valence-electron chi connectivity index (χ3n) is 2.83. The van der Waals surface area contributed by atoms with E-state index < -0.39 is 5.97 Å². The number of aliphatic imine (C=N–C) groups is 1. The first kappa shape index (κ1) is 13.9. The molecule has 1 aromatic carbocycles. The molecule has 21 heavy (non-hydrogen) atoms. The van der Waals surface area contributed by atoms with E-state index in [9.17, 15) is 4.79 Å². The van der Waals surface area contributed by atoms with E-state index in [-0.39, 0.29) is 11.6 Å². The number of nitrogens with zero attached hydrogens (tertiary/aromatic N) is 1. The number of aryl methyl sites for hydroxylation is 1. The zero-order valence-electron chi connectivity index (χ0n) is 10.9. The second kappa shape index (κ2) is 5.39. The van der Waals surface area contributed by atoms with Crippen LogP contribution in [0.2, 0.25) is 10.0 Å². The Bertz CT molecular complexity index is 790. The molecule has 2 heterocycles. The van der Waals surface area contributed by atoms with Crippen LogP contribution in [0.15, 0.2) is 45.4 Å². The largest absolute Gasteiger partial charge is 0.462 e. The van der Waals surface area contributed by atoms with Crippen molar-refractivity contribution in [2.75, 3.05) is 0 Å². The quantitative estimate of drug-likeness (QED) is 0.614. The zero-order chi connectivity index (χ0) is 15.0. The van der Waals surface area contributed by atoms with Crippen molar-refractivity contribution in [2.45, 2.75) is 6.92 Å². The van der Waals surface area contributed by atoms with Crippen LogP contribution in [-0.2, 0) is 9.53 Å². The van der Waals surface area contributed by atoms with Gasteiger partial charge in [0.2, 0.25) is 5.90 Å². The van der Waals surface area contributed by atoms with Crippen LogP contribution in [0.4, 0.5) is 0 Å². The molecule has 0 radical (unpaired) electrons. The maximum atomic E-state index is 11.8. The summed E-state index contributed by atoms with van der Waals surface area (Å²) in [5, 5.41) is 0.791. The smallest absolute Gasteiger partial charge is 0.363 e. The molecule has 0 saturated carbocycles. The van der Waals surface area contributed by atoms with Crippen LogP contribution in [0.25, 0.3) is 6.08 Å². The SMILES string of the molecule is Cc1ccc(/C=C2\N=C(c3ccc(Cl)c(Cl)c3)OC2=O)o1. The van der Waals surface area contributed by atoms with Gasteiger partial charge < -0.3 is 9.15 Å². The maximum Gasteiger partial charge on any atom is 0.363 e. The van der Waals surface area contributed by atoms with E-state index in [1.807, 2.05) is 6.92 Å². The summed E-state index contributed by atoms with van der Waals surface area (Å²) in [5.74, 6) is 0.943. The van der Waals surface area contributed by atoms with Crippen molar-refractivity contribution in [1.29, 1.82) is 0 Å². The van der Waals surface area contributed by atoms with Crippen LogP contribution in [0, 0.1) is 6.92 Å². The highest BCUT2D eigenvalue weighted by atomic mass is 35.5. The van der Waals surface area contributed by atoms with Crippen molar-refractivity contribution in [2.24, 2.45) is 4.99 Å². The summed E-state index contributed by atoms with van der Waals surface area (Å²) in [7, 11) is 0. The standard InChI is InChI=1S/C15H9Cl2NO3/c1-8-2-4-10(20-8)7-13-15(19)21-14(18-13)9-3-5-11(16)12(17)6-9/h2-7H,1H3/b13-7-. The lowest BCUT2D eigenvalue weighted by Gasteiger charge is -2.01. The molecule has 0 bridgehead atoms. The highest BCUT2D eigenvalue weighted by molar-refractivity contribution is 6.42. The summed E-state index contributed by atoms with van der Waals surface area (Å²) in [4.78, 5) is 16.0. The van der Waals surface area contributed by atoms with E-state index in [1.165, 1.54) is 6.08 Å². The number of cyclic esters (lactones) is 1. The van der Waals surface area contributed by atoms with Crippen molar-refractivity contribution in [1.82, 2.24) is 0 Å². The van der Waals surface area contributed by atoms with E-state index in [2.05, 4.69) is 4.99 Å². The molecule has 0 N–H and O–H groups in total. The Morgan fingerprint density at radius 3 is 2.62 bits per heavy atom. The van der Waals surface area contributed by atoms with Gasteiger partial charge in [-0.25, -0.2) is 9.79 Å². The Hall–Kier alpha value is -2.04. The van der Waals surface area contributed by atoms with Crippen LogP contribution < -0.4 is 0 Å². The summed E-state index contributed by atoms with van der Waals surface area (Å²) in [6.45, 7) is 1.82. The predicted molar refractivity (Wildman–Crippen MR) is 80.5 cm³/mol. The van der Waals surface area contributed by atoms with Gasteiger partial charge in [-0.2, -0.15) is 0 Å². The molecular weight excluding hydrogens is 313 g/mol. The summed E-state index contributed by atoms with van der Waals surface area (Å²) in [5.41, 5.74) is 0.752. The topological polar surface area (TPSA) is 51.8 Å². The summed E-state index contributed by atoms with van der Waals surface area (Å²) < 4.78 is 10.5. The van der Waals surface area contributed by atoms with Gasteiger partial charge in [0.1, 0.15) is 11.5 Å². The number of hydrogen-bond donors (Lipinski definition) is 0. The average Bonchev–Trinajstić information content (AvgIpc) is 3.00. The van der Waals surface area contributed by atoms with E-state index in [1.54, 1.807) is 30.3 Å². The van der Waals surface area contributed by atoms with Gasteiger partial charge in [-0.1, -0.05) is 23.2 Å². The van der Waals surface area contributed by atoms with E-state index in [0.717, 1.165) is 5.76 Å². The second-order valence-corrected chi connectivity index (χ2v) is 5.23. The fourth-order valence-corrected chi connectivity index (χ4v) is 2.13. The minimum absolute atomic E-state index is 0.172. The molecule has 1 aliphatic heterocycles. The van der Waals surface area contributed by atoms with Gasteiger partial charge in [-0.05, 0) is 37.3 Å². The van der Waals surface area contributed by atoms with Gasteiger partial charge in [-0.3, -0.25) is 0 Å². The number of hydrogen-bond acceptors (Lipinski definition) is 4.